The summed E-state index contributed by atoms with van der Waals surface area (Å²) in [6.07, 6.45) is 5.18. The smallest absolute Gasteiger partial charge is 0.0937 e. The van der Waals surface area contributed by atoms with Crippen molar-refractivity contribution in [2.24, 2.45) is 5.73 Å². The van der Waals surface area contributed by atoms with Crippen LogP contribution in [0.4, 0.5) is 0 Å². The van der Waals surface area contributed by atoms with E-state index in [1.165, 1.54) is 5.01 Å². The zero-order chi connectivity index (χ0) is 9.10. The Bertz CT molecular complexity index is 241. The summed E-state index contributed by atoms with van der Waals surface area (Å²) in [5.41, 5.74) is 5.68. The van der Waals surface area contributed by atoms with Gasteiger partial charge in [0.1, 0.15) is 0 Å². The maximum Gasteiger partial charge on any atom is 0.0937 e. The molecule has 0 aromatic carbocycles. The number of nitrogens with two attached hydrogens (primary N) is 1. The van der Waals surface area contributed by atoms with Crippen LogP contribution < -0.4 is 11.1 Å². The third kappa shape index (κ3) is 2.49. The molecule has 4 heteroatoms. The molecule has 1 saturated carbocycles. The number of rotatable bonds is 4. The lowest BCUT2D eigenvalue weighted by Gasteiger charge is -2.33. The molecule has 0 atom stereocenters. The molecule has 3 nitrogen and oxygen atoms in total. The van der Waals surface area contributed by atoms with Gasteiger partial charge in [0.2, 0.25) is 0 Å². The first-order valence-corrected chi connectivity index (χ1v) is 5.60. The topological polar surface area (TPSA) is 50.9 Å². The molecule has 72 valence electrons. The van der Waals surface area contributed by atoms with Gasteiger partial charge < -0.3 is 11.1 Å². The number of thiazole rings is 1. The normalized spacial score (nSPS) is 27.2. The summed E-state index contributed by atoms with van der Waals surface area (Å²) in [5.74, 6) is 0. The minimum atomic E-state index is 0.442. The van der Waals surface area contributed by atoms with Crippen LogP contribution in [0.3, 0.4) is 0 Å². The average molecular weight is 197 g/mol. The van der Waals surface area contributed by atoms with Gasteiger partial charge in [0.25, 0.3) is 0 Å². The Morgan fingerprint density at radius 2 is 2.46 bits per heavy atom. The summed E-state index contributed by atoms with van der Waals surface area (Å²) in [7, 11) is 0. The molecule has 1 aliphatic rings. The van der Waals surface area contributed by atoms with Gasteiger partial charge in [-0.25, -0.2) is 4.98 Å². The second-order valence-electron chi connectivity index (χ2n) is 3.56. The molecule has 1 aromatic rings. The molecule has 2 rings (SSSR count). The molecule has 0 radical (unpaired) electrons. The van der Waals surface area contributed by atoms with Gasteiger partial charge in [0.15, 0.2) is 0 Å². The molecular weight excluding hydrogens is 182 g/mol. The molecule has 3 N–H and O–H groups in total. The van der Waals surface area contributed by atoms with Gasteiger partial charge in [0.05, 0.1) is 5.01 Å². The van der Waals surface area contributed by atoms with Crippen molar-refractivity contribution < 1.29 is 0 Å². The van der Waals surface area contributed by atoms with Crippen molar-refractivity contribution in [3.8, 4) is 0 Å². The van der Waals surface area contributed by atoms with Crippen molar-refractivity contribution in [2.45, 2.75) is 31.3 Å². The van der Waals surface area contributed by atoms with E-state index < -0.39 is 0 Å². The largest absolute Gasteiger partial charge is 0.328 e. The molecule has 0 unspecified atom stereocenters. The highest BCUT2D eigenvalue weighted by molar-refractivity contribution is 7.09. The third-order valence-electron chi connectivity index (χ3n) is 2.43. The minimum Gasteiger partial charge on any atom is -0.328 e. The van der Waals surface area contributed by atoms with E-state index in [1.807, 2.05) is 11.6 Å². The van der Waals surface area contributed by atoms with Crippen LogP contribution in [0.1, 0.15) is 17.8 Å². The molecule has 13 heavy (non-hydrogen) atoms. The molecule has 1 fully saturated rings. The van der Waals surface area contributed by atoms with E-state index >= 15 is 0 Å². The molecule has 0 amide bonds. The summed E-state index contributed by atoms with van der Waals surface area (Å²) in [6, 6.07) is 1.10. The second-order valence-corrected chi connectivity index (χ2v) is 4.54. The van der Waals surface area contributed by atoms with E-state index in [9.17, 15) is 0 Å². The number of hydrogen-bond acceptors (Lipinski definition) is 4. The third-order valence-corrected chi connectivity index (χ3v) is 3.27. The van der Waals surface area contributed by atoms with E-state index in [1.54, 1.807) is 11.3 Å². The van der Waals surface area contributed by atoms with Crippen molar-refractivity contribution in [1.29, 1.82) is 0 Å². The van der Waals surface area contributed by atoms with Crippen molar-refractivity contribution >= 4 is 11.3 Å². The van der Waals surface area contributed by atoms with E-state index in [0.29, 0.717) is 12.1 Å². The van der Waals surface area contributed by atoms with Crippen LogP contribution in [0.2, 0.25) is 0 Å². The molecular formula is C9H15N3S. The van der Waals surface area contributed by atoms with E-state index in [-0.39, 0.29) is 0 Å². The first kappa shape index (κ1) is 9.12. The SMILES string of the molecule is NC1CC(NCCc2nccs2)C1. The Labute approximate surface area is 82.4 Å². The van der Waals surface area contributed by atoms with Crippen molar-refractivity contribution in [3.05, 3.63) is 16.6 Å². The van der Waals surface area contributed by atoms with Crippen molar-refractivity contribution in [3.63, 3.8) is 0 Å². The van der Waals surface area contributed by atoms with Crippen LogP contribution in [0, 0.1) is 0 Å². The van der Waals surface area contributed by atoms with Gasteiger partial charge in [-0.05, 0) is 12.8 Å². The standard InChI is InChI=1S/C9H15N3S/c10-7-5-8(6-7)11-2-1-9-12-3-4-13-9/h3-4,7-8,11H,1-2,5-6,10H2. The second kappa shape index (κ2) is 4.17. The van der Waals surface area contributed by atoms with Crippen LogP contribution in [0.5, 0.6) is 0 Å². The molecule has 0 spiro atoms. The van der Waals surface area contributed by atoms with E-state index in [4.69, 9.17) is 5.73 Å². The Hall–Kier alpha value is -0.450. The molecule has 1 aliphatic carbocycles. The van der Waals surface area contributed by atoms with Crippen molar-refractivity contribution in [2.75, 3.05) is 6.54 Å². The van der Waals surface area contributed by atoms with Gasteiger partial charge >= 0.3 is 0 Å². The molecule has 1 aromatic heterocycles. The highest BCUT2D eigenvalue weighted by Crippen LogP contribution is 2.17. The lowest BCUT2D eigenvalue weighted by Crippen LogP contribution is -2.48. The van der Waals surface area contributed by atoms with Crippen molar-refractivity contribution in [1.82, 2.24) is 10.3 Å². The first-order valence-electron chi connectivity index (χ1n) is 4.72. The number of nitrogens with one attached hydrogen (secondary N) is 1. The Balaban J connectivity index is 1.59. The predicted octanol–water partition coefficient (Wildman–Crippen LogP) is 0.765. The monoisotopic (exact) mass is 197 g/mol. The summed E-state index contributed by atoms with van der Waals surface area (Å²) in [6.45, 7) is 1.03. The van der Waals surface area contributed by atoms with E-state index in [0.717, 1.165) is 25.8 Å². The van der Waals surface area contributed by atoms with Gasteiger partial charge in [-0.1, -0.05) is 0 Å². The Kier molecular flexibility index (Phi) is 2.93. The maximum absolute atomic E-state index is 5.68. The predicted molar refractivity (Wildman–Crippen MR) is 54.8 cm³/mol. The number of nitrogens with zero attached hydrogens (tertiary/aromatic N) is 1. The maximum atomic E-state index is 5.68. The lowest BCUT2D eigenvalue weighted by molar-refractivity contribution is 0.294. The molecule has 1 heterocycles. The zero-order valence-electron chi connectivity index (χ0n) is 7.57. The summed E-state index contributed by atoms with van der Waals surface area (Å²) in [4.78, 5) is 4.23. The average Bonchev–Trinajstić information content (AvgIpc) is 2.53. The number of hydrogen-bond donors (Lipinski definition) is 2. The summed E-state index contributed by atoms with van der Waals surface area (Å²) in [5, 5.41) is 6.72. The fourth-order valence-electron chi connectivity index (χ4n) is 1.59. The number of aromatic nitrogens is 1. The van der Waals surface area contributed by atoms with Crippen LogP contribution in [-0.4, -0.2) is 23.6 Å². The fourth-order valence-corrected chi connectivity index (χ4v) is 2.21. The molecule has 0 aliphatic heterocycles. The minimum absolute atomic E-state index is 0.442. The van der Waals surface area contributed by atoms with Gasteiger partial charge in [-0.2, -0.15) is 0 Å². The molecule has 0 bridgehead atoms. The highest BCUT2D eigenvalue weighted by Gasteiger charge is 2.24. The van der Waals surface area contributed by atoms with E-state index in [2.05, 4.69) is 10.3 Å². The van der Waals surface area contributed by atoms with Crippen LogP contribution >= 0.6 is 11.3 Å². The van der Waals surface area contributed by atoms with Crippen LogP contribution in [0.15, 0.2) is 11.6 Å². The van der Waals surface area contributed by atoms with Crippen LogP contribution in [-0.2, 0) is 6.42 Å². The zero-order valence-corrected chi connectivity index (χ0v) is 8.39. The summed E-state index contributed by atoms with van der Waals surface area (Å²) < 4.78 is 0. The first-order chi connectivity index (χ1) is 6.34. The Morgan fingerprint density at radius 1 is 1.62 bits per heavy atom. The lowest BCUT2D eigenvalue weighted by atomic mass is 9.88. The molecule has 0 saturated heterocycles. The van der Waals surface area contributed by atoms with Gasteiger partial charge in [-0.3, -0.25) is 0 Å². The highest BCUT2D eigenvalue weighted by atomic mass is 32.1. The van der Waals surface area contributed by atoms with Crippen LogP contribution in [0.25, 0.3) is 0 Å². The van der Waals surface area contributed by atoms with Gasteiger partial charge in [0, 0.05) is 36.6 Å². The summed E-state index contributed by atoms with van der Waals surface area (Å²) >= 11 is 1.72. The van der Waals surface area contributed by atoms with Gasteiger partial charge in [-0.15, -0.1) is 11.3 Å². The fraction of sp³-hybridized carbons (Fsp3) is 0.667. The quantitative estimate of drug-likeness (QED) is 0.749. The Morgan fingerprint density at radius 3 is 3.08 bits per heavy atom.